The van der Waals surface area contributed by atoms with Gasteiger partial charge in [-0.3, -0.25) is 0 Å². The first-order chi connectivity index (χ1) is 6.75. The molecule has 1 aromatic heterocycles. The Balaban J connectivity index is 0.000000336. The maximum absolute atomic E-state index is 9.75. The topological polar surface area (TPSA) is 43.8 Å². The molecule has 1 aromatic rings. The van der Waals surface area contributed by atoms with Crippen LogP contribution in [-0.4, -0.2) is 16.8 Å². The number of hydrogen-bond donors (Lipinski definition) is 1. The number of hydrogen-bond acceptors (Lipinski definition) is 2. The van der Waals surface area contributed by atoms with Crippen LogP contribution in [0.4, 0.5) is 17.3 Å². The first-order valence-electron chi connectivity index (χ1n) is 4.35. The lowest BCUT2D eigenvalue weighted by atomic mass is 10.2. The Kier molecular flexibility index (Phi) is 5.34. The third-order valence-corrected chi connectivity index (χ3v) is 1.63. The minimum atomic E-state index is -6.00. The lowest BCUT2D eigenvalue weighted by Crippen LogP contribution is -2.13. The average Bonchev–Trinajstić information content (AvgIpc) is 2.47. The summed E-state index contributed by atoms with van der Waals surface area (Å²) in [7, 11) is -4.04. The van der Waals surface area contributed by atoms with Crippen LogP contribution < -0.4 is 5.73 Å². The fourth-order valence-corrected chi connectivity index (χ4v) is 0.917. The second-order valence-corrected chi connectivity index (χ2v) is 2.91. The van der Waals surface area contributed by atoms with E-state index in [1.54, 1.807) is 6.20 Å². The van der Waals surface area contributed by atoms with Crippen molar-refractivity contribution in [2.24, 2.45) is 12.8 Å². The van der Waals surface area contributed by atoms with Gasteiger partial charge in [0.25, 0.3) is 0 Å². The van der Waals surface area contributed by atoms with Gasteiger partial charge < -0.3 is 27.6 Å². The van der Waals surface area contributed by atoms with E-state index in [0.717, 1.165) is 12.2 Å². The molecule has 0 aliphatic rings. The molecule has 1 rings (SSSR count). The van der Waals surface area contributed by atoms with Crippen molar-refractivity contribution in [1.82, 2.24) is 9.55 Å². The van der Waals surface area contributed by atoms with Gasteiger partial charge in [0.05, 0.1) is 6.04 Å². The van der Waals surface area contributed by atoms with Crippen molar-refractivity contribution in [2.75, 3.05) is 0 Å². The van der Waals surface area contributed by atoms with Gasteiger partial charge in [-0.2, -0.15) is 0 Å². The van der Waals surface area contributed by atoms with Gasteiger partial charge in [-0.15, -0.1) is 0 Å². The van der Waals surface area contributed by atoms with E-state index >= 15 is 0 Å². The molecule has 15 heavy (non-hydrogen) atoms. The number of aromatic nitrogens is 2. The molecule has 0 amide bonds. The smallest absolute Gasteiger partial charge is 0.418 e. The molecule has 1 heterocycles. The van der Waals surface area contributed by atoms with Crippen LogP contribution in [-0.2, 0) is 7.05 Å². The van der Waals surface area contributed by atoms with Gasteiger partial charge in [-0.1, -0.05) is 6.92 Å². The molecule has 0 spiro atoms. The quantitative estimate of drug-likeness (QED) is 0.620. The molecule has 0 aromatic carbocycles. The van der Waals surface area contributed by atoms with E-state index in [1.807, 2.05) is 17.8 Å². The summed E-state index contributed by atoms with van der Waals surface area (Å²) in [4.78, 5) is 4.12. The normalized spacial score (nSPS) is 13.0. The molecular weight excluding hydrogens is 213 g/mol. The fourth-order valence-electron chi connectivity index (χ4n) is 0.917. The molecule has 2 N–H and O–H groups in total. The van der Waals surface area contributed by atoms with Crippen molar-refractivity contribution in [3.05, 3.63) is 18.2 Å². The zero-order valence-corrected chi connectivity index (χ0v) is 8.50. The van der Waals surface area contributed by atoms with Gasteiger partial charge in [0.1, 0.15) is 5.82 Å². The molecule has 8 heteroatoms. The minimum absolute atomic E-state index is 0.0833. The fraction of sp³-hybridized carbons (Fsp3) is 0.571. The number of nitrogens with zero attached hydrogens (tertiary/aromatic N) is 2. The summed E-state index contributed by atoms with van der Waals surface area (Å²) in [6.45, 7) is 2.05. The van der Waals surface area contributed by atoms with E-state index in [1.165, 1.54) is 0 Å². The predicted molar refractivity (Wildman–Crippen MR) is 50.6 cm³/mol. The lowest BCUT2D eigenvalue weighted by Gasteiger charge is -2.07. The largest absolute Gasteiger partial charge is 0.673 e. The van der Waals surface area contributed by atoms with Gasteiger partial charge in [0.2, 0.25) is 0 Å². The minimum Gasteiger partial charge on any atom is -0.418 e. The van der Waals surface area contributed by atoms with Gasteiger partial charge in [-0.25, -0.2) is 4.98 Å². The third kappa shape index (κ3) is 6.95. The van der Waals surface area contributed by atoms with E-state index in [2.05, 4.69) is 11.9 Å². The summed E-state index contributed by atoms with van der Waals surface area (Å²) in [5.41, 5.74) is 5.76. The highest BCUT2D eigenvalue weighted by Crippen LogP contribution is 2.08. The van der Waals surface area contributed by atoms with Crippen molar-refractivity contribution in [2.45, 2.75) is 19.4 Å². The Morgan fingerprint density at radius 3 is 2.20 bits per heavy atom. The van der Waals surface area contributed by atoms with Crippen LogP contribution in [0.15, 0.2) is 12.4 Å². The Morgan fingerprint density at radius 1 is 1.47 bits per heavy atom. The Labute approximate surface area is 85.4 Å². The molecule has 0 aliphatic carbocycles. The summed E-state index contributed by atoms with van der Waals surface area (Å²) in [6.07, 6.45) is 4.61. The zero-order valence-electron chi connectivity index (χ0n) is 8.50. The summed E-state index contributed by atoms with van der Waals surface area (Å²) in [6, 6.07) is 0.0833. The molecule has 0 aliphatic heterocycles. The zero-order chi connectivity index (χ0) is 12.1. The molecule has 0 fully saturated rings. The molecule has 3 nitrogen and oxygen atoms in total. The highest BCUT2D eigenvalue weighted by atomic mass is 19.5. The van der Waals surface area contributed by atoms with E-state index in [4.69, 9.17) is 5.73 Å². The monoisotopic (exact) mass is 226 g/mol. The first-order valence-corrected chi connectivity index (χ1v) is 4.35. The van der Waals surface area contributed by atoms with E-state index < -0.39 is 7.25 Å². The van der Waals surface area contributed by atoms with Crippen molar-refractivity contribution in [3.8, 4) is 0 Å². The van der Waals surface area contributed by atoms with Crippen LogP contribution in [0.3, 0.4) is 0 Å². The average molecular weight is 226 g/mol. The number of halogens is 4. The van der Waals surface area contributed by atoms with Crippen molar-refractivity contribution in [3.63, 3.8) is 0 Å². The van der Waals surface area contributed by atoms with E-state index in [9.17, 15) is 17.3 Å². The molecule has 1 atom stereocenters. The highest BCUT2D eigenvalue weighted by molar-refractivity contribution is 6.50. The molecule has 0 bridgehead atoms. The summed E-state index contributed by atoms with van der Waals surface area (Å²) >= 11 is 0. The van der Waals surface area contributed by atoms with Gasteiger partial charge >= 0.3 is 7.25 Å². The summed E-state index contributed by atoms with van der Waals surface area (Å²) in [5, 5.41) is 0. The SMILES string of the molecule is CCC(N)c1nccn1C.F[B-](F)(F)F. The highest BCUT2D eigenvalue weighted by Gasteiger charge is 2.20. The molecule has 0 saturated carbocycles. The number of rotatable bonds is 2. The molecule has 88 valence electrons. The Morgan fingerprint density at radius 2 is 1.93 bits per heavy atom. The number of aryl methyl sites for hydroxylation is 1. The van der Waals surface area contributed by atoms with Gasteiger partial charge in [0.15, 0.2) is 0 Å². The van der Waals surface area contributed by atoms with Gasteiger partial charge in [-0.05, 0) is 6.42 Å². The van der Waals surface area contributed by atoms with Crippen molar-refractivity contribution in [1.29, 1.82) is 0 Å². The Hall–Kier alpha value is -1.05. The van der Waals surface area contributed by atoms with Crippen LogP contribution in [0.1, 0.15) is 25.2 Å². The van der Waals surface area contributed by atoms with Gasteiger partial charge in [0, 0.05) is 19.4 Å². The van der Waals surface area contributed by atoms with Crippen molar-refractivity contribution < 1.29 is 17.3 Å². The maximum atomic E-state index is 9.75. The predicted octanol–water partition coefficient (Wildman–Crippen LogP) is 2.13. The van der Waals surface area contributed by atoms with Crippen LogP contribution in [0.2, 0.25) is 0 Å². The Bertz CT molecular complexity index is 280. The van der Waals surface area contributed by atoms with E-state index in [-0.39, 0.29) is 6.04 Å². The summed E-state index contributed by atoms with van der Waals surface area (Å²) in [5.74, 6) is 0.961. The first kappa shape index (κ1) is 14.0. The standard InChI is InChI=1S/C7H13N3.BF4/c1-3-6(8)7-9-4-5-10(7)2;2-1(3,4)5/h4-6H,3,8H2,1-2H3;/q;-1. The van der Waals surface area contributed by atoms with Crippen LogP contribution in [0, 0.1) is 0 Å². The third-order valence-electron chi connectivity index (χ3n) is 1.63. The number of nitrogens with two attached hydrogens (primary N) is 1. The van der Waals surface area contributed by atoms with Crippen LogP contribution in [0.25, 0.3) is 0 Å². The molecular formula is C7H13BF4N3-. The van der Waals surface area contributed by atoms with E-state index in [0.29, 0.717) is 0 Å². The molecule has 0 saturated heterocycles. The number of imidazole rings is 1. The maximum Gasteiger partial charge on any atom is 0.673 e. The van der Waals surface area contributed by atoms with Crippen molar-refractivity contribution >= 4 is 7.25 Å². The second kappa shape index (κ2) is 5.74. The van der Waals surface area contributed by atoms with Crippen LogP contribution in [0.5, 0.6) is 0 Å². The molecule has 0 radical (unpaired) electrons. The lowest BCUT2D eigenvalue weighted by molar-refractivity contribution is 0.368. The van der Waals surface area contributed by atoms with Crippen LogP contribution >= 0.6 is 0 Å². The molecule has 1 unspecified atom stereocenters. The second-order valence-electron chi connectivity index (χ2n) is 2.91. The summed E-state index contributed by atoms with van der Waals surface area (Å²) < 4.78 is 41.0.